The molecule has 3 nitrogen and oxygen atoms in total. The van der Waals surface area contributed by atoms with Gasteiger partial charge in [-0.2, -0.15) is 0 Å². The molecule has 1 aromatic rings. The third-order valence-corrected chi connectivity index (χ3v) is 5.34. The van der Waals surface area contributed by atoms with Gasteiger partial charge in [-0.1, -0.05) is 6.92 Å². The molecule has 0 aromatic carbocycles. The topological polar surface area (TPSA) is 38.5 Å². The maximum atomic E-state index is 6.41. The highest BCUT2D eigenvalue weighted by molar-refractivity contribution is 7.10. The molecule has 2 unspecified atom stereocenters. The van der Waals surface area contributed by atoms with Crippen molar-refractivity contribution < 1.29 is 4.74 Å². The molecule has 2 heterocycles. The van der Waals surface area contributed by atoms with Crippen molar-refractivity contribution in [2.75, 3.05) is 20.2 Å². The van der Waals surface area contributed by atoms with Crippen molar-refractivity contribution in [2.45, 2.75) is 51.3 Å². The number of hydrogen-bond donors (Lipinski definition) is 1. The standard InChI is InChI=1S/C15H26N2OS/c1-4-13(16)14(15-11(2)7-10-19-15)17-8-5-12(18-3)6-9-17/h7,10,12-14H,4-6,8-9,16H2,1-3H3. The molecule has 4 heteroatoms. The van der Waals surface area contributed by atoms with Crippen LogP contribution in [-0.2, 0) is 4.74 Å². The highest BCUT2D eigenvalue weighted by atomic mass is 32.1. The van der Waals surface area contributed by atoms with Crippen molar-refractivity contribution in [3.63, 3.8) is 0 Å². The maximum Gasteiger partial charge on any atom is 0.0596 e. The van der Waals surface area contributed by atoms with Gasteiger partial charge < -0.3 is 10.5 Å². The predicted octanol–water partition coefficient (Wildman–Crippen LogP) is 2.95. The van der Waals surface area contributed by atoms with Crippen LogP contribution in [0.4, 0.5) is 0 Å². The average Bonchev–Trinajstić information content (AvgIpc) is 2.86. The molecule has 1 aromatic heterocycles. The minimum atomic E-state index is 0.219. The highest BCUT2D eigenvalue weighted by Gasteiger charge is 2.31. The van der Waals surface area contributed by atoms with Crippen LogP contribution in [0.1, 0.15) is 42.7 Å². The van der Waals surface area contributed by atoms with Crippen molar-refractivity contribution in [3.05, 3.63) is 21.9 Å². The minimum Gasteiger partial charge on any atom is -0.381 e. The van der Waals surface area contributed by atoms with Gasteiger partial charge in [0.2, 0.25) is 0 Å². The van der Waals surface area contributed by atoms with Gasteiger partial charge in [0.15, 0.2) is 0 Å². The monoisotopic (exact) mass is 282 g/mol. The van der Waals surface area contributed by atoms with Crippen LogP contribution in [0.25, 0.3) is 0 Å². The zero-order chi connectivity index (χ0) is 13.8. The number of aryl methyl sites for hydroxylation is 1. The number of nitrogens with two attached hydrogens (primary N) is 1. The second-order valence-corrected chi connectivity index (χ2v) is 6.40. The van der Waals surface area contributed by atoms with Gasteiger partial charge in [0.05, 0.1) is 12.1 Å². The van der Waals surface area contributed by atoms with E-state index in [-0.39, 0.29) is 6.04 Å². The van der Waals surface area contributed by atoms with E-state index in [0.29, 0.717) is 12.1 Å². The molecule has 1 aliphatic rings. The SMILES string of the molecule is CCC(N)C(c1sccc1C)N1CCC(OC)CC1. The fraction of sp³-hybridized carbons (Fsp3) is 0.733. The summed E-state index contributed by atoms with van der Waals surface area (Å²) < 4.78 is 5.47. The fourth-order valence-corrected chi connectivity index (χ4v) is 4.07. The van der Waals surface area contributed by atoms with E-state index in [4.69, 9.17) is 10.5 Å². The molecule has 0 amide bonds. The second-order valence-electron chi connectivity index (χ2n) is 5.46. The Morgan fingerprint density at radius 1 is 1.47 bits per heavy atom. The first-order chi connectivity index (χ1) is 9.17. The molecule has 1 aliphatic heterocycles. The molecule has 108 valence electrons. The molecule has 0 saturated carbocycles. The summed E-state index contributed by atoms with van der Waals surface area (Å²) in [6.07, 6.45) is 3.69. The summed E-state index contributed by atoms with van der Waals surface area (Å²) in [6, 6.07) is 2.80. The van der Waals surface area contributed by atoms with Gasteiger partial charge >= 0.3 is 0 Å². The predicted molar refractivity (Wildman–Crippen MR) is 81.7 cm³/mol. The Hall–Kier alpha value is -0.420. The average molecular weight is 282 g/mol. The molecule has 2 rings (SSSR count). The van der Waals surface area contributed by atoms with Crippen molar-refractivity contribution in [3.8, 4) is 0 Å². The number of rotatable bonds is 5. The Bertz CT molecular complexity index is 385. The number of ether oxygens (including phenoxy) is 1. The molecule has 2 atom stereocenters. The number of thiophene rings is 1. The number of methoxy groups -OCH3 is 1. The number of piperidine rings is 1. The maximum absolute atomic E-state index is 6.41. The Morgan fingerprint density at radius 2 is 2.16 bits per heavy atom. The highest BCUT2D eigenvalue weighted by Crippen LogP contribution is 2.33. The smallest absolute Gasteiger partial charge is 0.0596 e. The first-order valence-corrected chi connectivity index (χ1v) is 8.11. The summed E-state index contributed by atoms with van der Waals surface area (Å²) in [7, 11) is 1.82. The zero-order valence-electron chi connectivity index (χ0n) is 12.3. The van der Waals surface area contributed by atoms with E-state index in [9.17, 15) is 0 Å². The Kier molecular flexibility index (Phi) is 5.39. The molecule has 0 bridgehead atoms. The van der Waals surface area contributed by atoms with Crippen molar-refractivity contribution in [1.82, 2.24) is 4.90 Å². The quantitative estimate of drug-likeness (QED) is 0.902. The van der Waals surface area contributed by atoms with E-state index < -0.39 is 0 Å². The lowest BCUT2D eigenvalue weighted by Crippen LogP contribution is -2.45. The van der Waals surface area contributed by atoms with Crippen molar-refractivity contribution in [2.24, 2.45) is 5.73 Å². The normalized spacial score (nSPS) is 21.5. The number of nitrogens with zero attached hydrogens (tertiary/aromatic N) is 1. The fourth-order valence-electron chi connectivity index (χ4n) is 2.93. The largest absolute Gasteiger partial charge is 0.381 e. The third kappa shape index (κ3) is 3.37. The van der Waals surface area contributed by atoms with Crippen LogP contribution in [-0.4, -0.2) is 37.2 Å². The van der Waals surface area contributed by atoms with E-state index in [1.165, 1.54) is 10.4 Å². The van der Waals surface area contributed by atoms with Gasteiger partial charge in [-0.05, 0) is 43.2 Å². The molecule has 19 heavy (non-hydrogen) atoms. The lowest BCUT2D eigenvalue weighted by Gasteiger charge is -2.39. The van der Waals surface area contributed by atoms with Gasteiger partial charge in [-0.15, -0.1) is 11.3 Å². The van der Waals surface area contributed by atoms with Gasteiger partial charge in [-0.25, -0.2) is 0 Å². The summed E-state index contributed by atoms with van der Waals surface area (Å²) in [5, 5.41) is 2.18. The minimum absolute atomic E-state index is 0.219. The molecule has 0 aliphatic carbocycles. The van der Waals surface area contributed by atoms with Crippen LogP contribution in [0.5, 0.6) is 0 Å². The first-order valence-electron chi connectivity index (χ1n) is 7.23. The van der Waals surface area contributed by atoms with Gasteiger partial charge in [-0.3, -0.25) is 4.90 Å². The zero-order valence-corrected chi connectivity index (χ0v) is 13.1. The summed E-state index contributed by atoms with van der Waals surface area (Å²) >= 11 is 1.85. The van der Waals surface area contributed by atoms with E-state index in [1.807, 2.05) is 18.4 Å². The molecule has 0 radical (unpaired) electrons. The first kappa shape index (κ1) is 15.0. The van der Waals surface area contributed by atoms with E-state index in [1.54, 1.807) is 0 Å². The molecule has 1 fully saturated rings. The summed E-state index contributed by atoms with van der Waals surface area (Å²) in [5.41, 5.74) is 7.79. The van der Waals surface area contributed by atoms with Gasteiger partial charge in [0.25, 0.3) is 0 Å². The Labute approximate surface area is 120 Å². The number of likely N-dealkylation sites (tertiary alicyclic amines) is 1. The Balaban J connectivity index is 2.13. The Morgan fingerprint density at radius 3 is 2.63 bits per heavy atom. The van der Waals surface area contributed by atoms with Crippen molar-refractivity contribution in [1.29, 1.82) is 0 Å². The van der Waals surface area contributed by atoms with Crippen LogP contribution in [0.3, 0.4) is 0 Å². The lowest BCUT2D eigenvalue weighted by molar-refractivity contribution is 0.0228. The van der Waals surface area contributed by atoms with Crippen LogP contribution in [0, 0.1) is 6.92 Å². The van der Waals surface area contributed by atoms with Gasteiger partial charge in [0.1, 0.15) is 0 Å². The van der Waals surface area contributed by atoms with Gasteiger partial charge in [0, 0.05) is 31.1 Å². The molecule has 2 N–H and O–H groups in total. The lowest BCUT2D eigenvalue weighted by atomic mass is 9.97. The van der Waals surface area contributed by atoms with E-state index >= 15 is 0 Å². The number of hydrogen-bond acceptors (Lipinski definition) is 4. The molecular formula is C15H26N2OS. The van der Waals surface area contributed by atoms with Crippen molar-refractivity contribution >= 4 is 11.3 Å². The third-order valence-electron chi connectivity index (χ3n) is 4.25. The van der Waals surface area contributed by atoms with E-state index in [0.717, 1.165) is 32.4 Å². The second kappa shape index (κ2) is 6.84. The van der Waals surface area contributed by atoms with E-state index in [2.05, 4.69) is 30.2 Å². The molecule has 0 spiro atoms. The summed E-state index contributed by atoms with van der Waals surface area (Å²) in [4.78, 5) is 4.01. The van der Waals surface area contributed by atoms with Crippen LogP contribution < -0.4 is 5.73 Å². The molecular weight excluding hydrogens is 256 g/mol. The summed E-state index contributed by atoms with van der Waals surface area (Å²) in [6.45, 7) is 6.56. The van der Waals surface area contributed by atoms with Crippen LogP contribution in [0.15, 0.2) is 11.4 Å². The molecule has 1 saturated heterocycles. The summed E-state index contributed by atoms with van der Waals surface area (Å²) in [5.74, 6) is 0. The van der Waals surface area contributed by atoms with Crippen LogP contribution in [0.2, 0.25) is 0 Å². The van der Waals surface area contributed by atoms with Crippen LogP contribution >= 0.6 is 11.3 Å².